The van der Waals surface area contributed by atoms with Crippen LogP contribution in [-0.4, -0.2) is 35.6 Å². The lowest BCUT2D eigenvalue weighted by atomic mass is 9.98. The van der Waals surface area contributed by atoms with Crippen LogP contribution in [0.15, 0.2) is 0 Å². The van der Waals surface area contributed by atoms with Crippen molar-refractivity contribution in [1.29, 1.82) is 0 Å². The van der Waals surface area contributed by atoms with Gasteiger partial charge in [0.05, 0.1) is 5.60 Å². The standard InChI is InChI=1S/C18H38O3/c1-3-4-5-6-7-8-9-10-11-12-17-21-18(2,13-15-19)14-16-20/h19-20H,3-17H2,1-2H3. The van der Waals surface area contributed by atoms with Crippen molar-refractivity contribution >= 4 is 0 Å². The van der Waals surface area contributed by atoms with Gasteiger partial charge in [-0.25, -0.2) is 0 Å². The van der Waals surface area contributed by atoms with E-state index in [1.165, 1.54) is 57.8 Å². The first kappa shape index (κ1) is 20.9. The van der Waals surface area contributed by atoms with Gasteiger partial charge in [-0.1, -0.05) is 64.7 Å². The lowest BCUT2D eigenvalue weighted by Crippen LogP contribution is -2.31. The van der Waals surface area contributed by atoms with E-state index in [-0.39, 0.29) is 18.8 Å². The third kappa shape index (κ3) is 13.3. The predicted octanol–water partition coefficient (Wildman–Crippen LogP) is 4.45. The minimum absolute atomic E-state index is 0.120. The lowest BCUT2D eigenvalue weighted by Gasteiger charge is -2.28. The second kappa shape index (κ2) is 14.8. The largest absolute Gasteiger partial charge is 0.396 e. The summed E-state index contributed by atoms with van der Waals surface area (Å²) in [6.07, 6.45) is 14.4. The minimum Gasteiger partial charge on any atom is -0.396 e. The van der Waals surface area contributed by atoms with E-state index >= 15 is 0 Å². The Labute approximate surface area is 132 Å². The Bertz CT molecular complexity index is 201. The highest BCUT2D eigenvalue weighted by Crippen LogP contribution is 2.20. The van der Waals surface area contributed by atoms with Gasteiger partial charge in [-0.05, 0) is 26.2 Å². The van der Waals surface area contributed by atoms with E-state index in [2.05, 4.69) is 6.92 Å². The number of aliphatic hydroxyl groups excluding tert-OH is 2. The Morgan fingerprint density at radius 2 is 1.14 bits per heavy atom. The molecule has 3 heteroatoms. The van der Waals surface area contributed by atoms with Gasteiger partial charge in [0.2, 0.25) is 0 Å². The quantitative estimate of drug-likeness (QED) is 0.414. The second-order valence-electron chi connectivity index (χ2n) is 6.43. The van der Waals surface area contributed by atoms with Gasteiger partial charge < -0.3 is 14.9 Å². The highest BCUT2D eigenvalue weighted by molar-refractivity contribution is 4.74. The Morgan fingerprint density at radius 1 is 0.714 bits per heavy atom. The zero-order chi connectivity index (χ0) is 15.8. The van der Waals surface area contributed by atoms with Crippen molar-refractivity contribution in [2.24, 2.45) is 0 Å². The van der Waals surface area contributed by atoms with Gasteiger partial charge in [-0.2, -0.15) is 0 Å². The van der Waals surface area contributed by atoms with Crippen LogP contribution < -0.4 is 0 Å². The van der Waals surface area contributed by atoms with E-state index in [1.807, 2.05) is 6.92 Å². The van der Waals surface area contributed by atoms with E-state index in [1.54, 1.807) is 0 Å². The summed E-state index contributed by atoms with van der Waals surface area (Å²) >= 11 is 0. The molecule has 0 atom stereocenters. The van der Waals surface area contributed by atoms with Crippen molar-refractivity contribution < 1.29 is 14.9 Å². The molecule has 0 fully saturated rings. The molecule has 0 aromatic carbocycles. The van der Waals surface area contributed by atoms with E-state index in [0.717, 1.165) is 13.0 Å². The maximum atomic E-state index is 9.04. The number of aliphatic hydroxyl groups is 2. The molecule has 3 nitrogen and oxygen atoms in total. The zero-order valence-electron chi connectivity index (χ0n) is 14.4. The van der Waals surface area contributed by atoms with E-state index in [9.17, 15) is 0 Å². The van der Waals surface area contributed by atoms with Crippen molar-refractivity contribution in [3.8, 4) is 0 Å². The fraction of sp³-hybridized carbons (Fsp3) is 1.00. The predicted molar refractivity (Wildman–Crippen MR) is 89.6 cm³/mol. The summed E-state index contributed by atoms with van der Waals surface area (Å²) in [5, 5.41) is 18.1. The Balaban J connectivity index is 3.37. The van der Waals surface area contributed by atoms with E-state index in [0.29, 0.717) is 12.8 Å². The van der Waals surface area contributed by atoms with Crippen LogP contribution in [0.1, 0.15) is 90.9 Å². The van der Waals surface area contributed by atoms with Gasteiger partial charge in [0.15, 0.2) is 0 Å². The topological polar surface area (TPSA) is 49.7 Å². The van der Waals surface area contributed by atoms with E-state index in [4.69, 9.17) is 14.9 Å². The molecule has 0 rings (SSSR count). The van der Waals surface area contributed by atoms with Gasteiger partial charge in [0.1, 0.15) is 0 Å². The Kier molecular flexibility index (Phi) is 14.7. The molecule has 0 bridgehead atoms. The maximum Gasteiger partial charge on any atom is 0.0698 e. The van der Waals surface area contributed by atoms with Crippen LogP contribution in [0.3, 0.4) is 0 Å². The summed E-state index contributed by atoms with van der Waals surface area (Å²) in [5.41, 5.74) is -0.358. The molecule has 0 spiro atoms. The van der Waals surface area contributed by atoms with Gasteiger partial charge in [0.25, 0.3) is 0 Å². The van der Waals surface area contributed by atoms with Crippen LogP contribution in [0.2, 0.25) is 0 Å². The fourth-order valence-corrected chi connectivity index (χ4v) is 2.65. The molecule has 2 N–H and O–H groups in total. The average Bonchev–Trinajstić information content (AvgIpc) is 2.45. The van der Waals surface area contributed by atoms with Crippen molar-refractivity contribution in [2.75, 3.05) is 19.8 Å². The van der Waals surface area contributed by atoms with Crippen molar-refractivity contribution in [1.82, 2.24) is 0 Å². The third-order valence-corrected chi connectivity index (χ3v) is 4.23. The van der Waals surface area contributed by atoms with Crippen LogP contribution in [0.5, 0.6) is 0 Å². The molecule has 0 heterocycles. The molecule has 0 amide bonds. The molecule has 0 aliphatic heterocycles. The fourth-order valence-electron chi connectivity index (χ4n) is 2.65. The summed E-state index contributed by atoms with van der Waals surface area (Å²) in [6.45, 7) is 5.22. The molecule has 0 aliphatic rings. The minimum atomic E-state index is -0.358. The van der Waals surface area contributed by atoms with Crippen LogP contribution >= 0.6 is 0 Å². The highest BCUT2D eigenvalue weighted by atomic mass is 16.5. The van der Waals surface area contributed by atoms with Crippen LogP contribution in [-0.2, 0) is 4.74 Å². The summed E-state index contributed by atoms with van der Waals surface area (Å²) in [4.78, 5) is 0. The van der Waals surface area contributed by atoms with Crippen LogP contribution in [0.25, 0.3) is 0 Å². The van der Waals surface area contributed by atoms with Crippen molar-refractivity contribution in [3.63, 3.8) is 0 Å². The van der Waals surface area contributed by atoms with Crippen molar-refractivity contribution in [3.05, 3.63) is 0 Å². The number of hydrogen-bond acceptors (Lipinski definition) is 3. The molecule has 128 valence electrons. The van der Waals surface area contributed by atoms with Gasteiger partial charge >= 0.3 is 0 Å². The maximum absolute atomic E-state index is 9.04. The normalized spacial score (nSPS) is 12.0. The molecule has 0 aliphatic carbocycles. The second-order valence-corrected chi connectivity index (χ2v) is 6.43. The molecular weight excluding hydrogens is 264 g/mol. The monoisotopic (exact) mass is 302 g/mol. The molecule has 0 saturated heterocycles. The number of rotatable bonds is 16. The van der Waals surface area contributed by atoms with Gasteiger partial charge in [-0.3, -0.25) is 0 Å². The first-order valence-electron chi connectivity index (χ1n) is 9.04. The SMILES string of the molecule is CCCCCCCCCCCCOC(C)(CCO)CCO. The molecule has 21 heavy (non-hydrogen) atoms. The van der Waals surface area contributed by atoms with Crippen molar-refractivity contribution in [2.45, 2.75) is 96.5 Å². The number of hydrogen-bond donors (Lipinski definition) is 2. The smallest absolute Gasteiger partial charge is 0.0698 e. The Hall–Kier alpha value is -0.120. The van der Waals surface area contributed by atoms with Crippen LogP contribution in [0.4, 0.5) is 0 Å². The number of ether oxygens (including phenoxy) is 1. The first-order valence-corrected chi connectivity index (χ1v) is 9.04. The molecule has 0 unspecified atom stereocenters. The lowest BCUT2D eigenvalue weighted by molar-refractivity contribution is -0.0611. The van der Waals surface area contributed by atoms with Crippen LogP contribution in [0, 0.1) is 0 Å². The average molecular weight is 302 g/mol. The molecular formula is C18H38O3. The van der Waals surface area contributed by atoms with Gasteiger partial charge in [-0.15, -0.1) is 0 Å². The zero-order valence-corrected chi connectivity index (χ0v) is 14.4. The Morgan fingerprint density at radius 3 is 1.57 bits per heavy atom. The van der Waals surface area contributed by atoms with Gasteiger partial charge in [0, 0.05) is 19.8 Å². The third-order valence-electron chi connectivity index (χ3n) is 4.23. The summed E-state index contributed by atoms with van der Waals surface area (Å²) in [7, 11) is 0. The summed E-state index contributed by atoms with van der Waals surface area (Å²) < 4.78 is 5.86. The summed E-state index contributed by atoms with van der Waals surface area (Å²) in [6, 6.07) is 0. The number of unbranched alkanes of at least 4 members (excludes halogenated alkanes) is 9. The molecule has 0 radical (unpaired) electrons. The molecule has 0 aromatic rings. The molecule has 0 aromatic heterocycles. The molecule has 0 saturated carbocycles. The highest BCUT2D eigenvalue weighted by Gasteiger charge is 2.23. The summed E-state index contributed by atoms with van der Waals surface area (Å²) in [5.74, 6) is 0. The van der Waals surface area contributed by atoms with E-state index < -0.39 is 0 Å². The first-order chi connectivity index (χ1) is 10.2.